The molecule has 2 unspecified atom stereocenters. The Morgan fingerprint density at radius 1 is 1.02 bits per heavy atom. The molecule has 3 aliphatic rings. The molecular weight excluding hydrogens is 579 g/mol. The summed E-state index contributed by atoms with van der Waals surface area (Å²) in [5.41, 5.74) is 3.09. The van der Waals surface area contributed by atoms with Gasteiger partial charge < -0.3 is 25.4 Å². The Bertz CT molecular complexity index is 1660. The lowest BCUT2D eigenvalue weighted by Crippen LogP contribution is -2.51. The van der Waals surface area contributed by atoms with Gasteiger partial charge in [0.25, 0.3) is 0 Å². The van der Waals surface area contributed by atoms with Gasteiger partial charge in [-0.3, -0.25) is 0 Å². The highest BCUT2D eigenvalue weighted by Crippen LogP contribution is 2.46. The molecule has 222 valence electrons. The number of hydrogen-bond donors (Lipinski definition) is 2. The fourth-order valence-electron chi connectivity index (χ4n) is 6.25. The van der Waals surface area contributed by atoms with Crippen LogP contribution in [0, 0.1) is 17.6 Å². The zero-order valence-corrected chi connectivity index (χ0v) is 23.1. The maximum Gasteiger partial charge on any atom is 0.417 e. The van der Waals surface area contributed by atoms with Gasteiger partial charge in [0.15, 0.2) is 10.9 Å². The van der Waals surface area contributed by atoms with E-state index in [4.69, 9.17) is 15.2 Å². The fourth-order valence-corrected chi connectivity index (χ4v) is 7.02. The fraction of sp³-hybridized carbons (Fsp3) is 0.464. The van der Waals surface area contributed by atoms with Gasteiger partial charge in [-0.2, -0.15) is 23.1 Å². The quantitative estimate of drug-likeness (QED) is 0.286. The average molecular weight is 607 g/mol. The van der Waals surface area contributed by atoms with Crippen molar-refractivity contribution in [2.75, 3.05) is 43.5 Å². The first-order valence-corrected chi connectivity index (χ1v) is 14.6. The summed E-state index contributed by atoms with van der Waals surface area (Å²) in [6.45, 7) is 2.49. The maximum absolute atomic E-state index is 16.6. The van der Waals surface area contributed by atoms with E-state index >= 15 is 4.39 Å². The number of rotatable bonds is 5. The van der Waals surface area contributed by atoms with Crippen LogP contribution in [0.15, 0.2) is 18.2 Å². The van der Waals surface area contributed by atoms with E-state index in [-0.39, 0.29) is 68.3 Å². The van der Waals surface area contributed by atoms with Crippen molar-refractivity contribution in [3.8, 4) is 17.1 Å². The van der Waals surface area contributed by atoms with Crippen LogP contribution in [-0.4, -0.2) is 59.9 Å². The summed E-state index contributed by atoms with van der Waals surface area (Å²) < 4.78 is 86.4. The molecule has 0 saturated carbocycles. The van der Waals surface area contributed by atoms with Gasteiger partial charge in [0.2, 0.25) is 0 Å². The summed E-state index contributed by atoms with van der Waals surface area (Å²) in [4.78, 5) is 14.8. The summed E-state index contributed by atoms with van der Waals surface area (Å²) in [6.07, 6.45) is -1.52. The maximum atomic E-state index is 16.6. The van der Waals surface area contributed by atoms with Crippen LogP contribution in [-0.2, 0) is 10.9 Å². The monoisotopic (exact) mass is 606 g/mol. The summed E-state index contributed by atoms with van der Waals surface area (Å²) in [5, 5.41) is 3.37. The lowest BCUT2D eigenvalue weighted by Gasteiger charge is -2.34. The molecule has 5 heterocycles. The molecule has 0 radical (unpaired) electrons. The third-order valence-electron chi connectivity index (χ3n) is 8.28. The Hall–Kier alpha value is -3.36. The number of benzene rings is 2. The Labute approximate surface area is 241 Å². The van der Waals surface area contributed by atoms with Crippen LogP contribution in [0.5, 0.6) is 6.01 Å². The van der Waals surface area contributed by atoms with E-state index in [2.05, 4.69) is 20.3 Å². The van der Waals surface area contributed by atoms with Crippen LogP contribution in [0.25, 0.3) is 32.2 Å². The zero-order chi connectivity index (χ0) is 29.2. The number of halogens is 5. The minimum atomic E-state index is -4.95. The number of thiazole rings is 1. The van der Waals surface area contributed by atoms with Crippen molar-refractivity contribution in [1.82, 2.24) is 20.3 Å². The molecule has 7 rings (SSSR count). The highest BCUT2D eigenvalue weighted by atomic mass is 32.1. The van der Waals surface area contributed by atoms with E-state index in [0.29, 0.717) is 26.3 Å². The molecule has 4 aromatic rings. The highest BCUT2D eigenvalue weighted by Gasteiger charge is 2.39. The number of hydrogen-bond acceptors (Lipinski definition) is 9. The Morgan fingerprint density at radius 2 is 1.76 bits per heavy atom. The molecule has 0 amide bonds. The van der Waals surface area contributed by atoms with E-state index in [1.54, 1.807) is 0 Å². The van der Waals surface area contributed by atoms with Crippen molar-refractivity contribution in [1.29, 1.82) is 0 Å². The lowest BCUT2D eigenvalue weighted by atomic mass is 9.95. The number of alkyl halides is 3. The molecule has 3 N–H and O–H groups in total. The first-order chi connectivity index (χ1) is 20.2. The van der Waals surface area contributed by atoms with Crippen molar-refractivity contribution in [3.05, 3.63) is 35.4 Å². The van der Waals surface area contributed by atoms with E-state index in [1.807, 2.05) is 4.90 Å². The van der Waals surface area contributed by atoms with Gasteiger partial charge in [-0.1, -0.05) is 11.3 Å². The first kappa shape index (κ1) is 27.5. The Kier molecular flexibility index (Phi) is 6.82. The van der Waals surface area contributed by atoms with Gasteiger partial charge in [0.1, 0.15) is 17.2 Å². The van der Waals surface area contributed by atoms with Gasteiger partial charge in [-0.15, -0.1) is 0 Å². The highest BCUT2D eigenvalue weighted by molar-refractivity contribution is 7.22. The van der Waals surface area contributed by atoms with Gasteiger partial charge in [-0.05, 0) is 49.8 Å². The Balaban J connectivity index is 1.43. The first-order valence-electron chi connectivity index (χ1n) is 13.8. The number of fused-ring (bicyclic) bond motifs is 4. The van der Waals surface area contributed by atoms with Crippen LogP contribution >= 0.6 is 11.3 Å². The third-order valence-corrected chi connectivity index (χ3v) is 9.18. The van der Waals surface area contributed by atoms with E-state index < -0.39 is 28.9 Å². The van der Waals surface area contributed by atoms with E-state index in [1.165, 1.54) is 0 Å². The molecule has 8 nitrogen and oxygen atoms in total. The van der Waals surface area contributed by atoms with Crippen molar-refractivity contribution < 1.29 is 31.4 Å². The summed E-state index contributed by atoms with van der Waals surface area (Å²) in [6, 6.07) is 3.16. The Morgan fingerprint density at radius 3 is 2.48 bits per heavy atom. The largest absolute Gasteiger partial charge is 0.463 e. The second-order valence-electron chi connectivity index (χ2n) is 11.1. The zero-order valence-electron chi connectivity index (χ0n) is 22.3. The standard InChI is InChI=1S/C28H27F5N6O2S/c29-19-4-3-16(23-24(19)42-26(34)36-23)20-18(28(31,32)33)9-17-22(21(20)30)37-27(41-12-13-5-7-40-8-6-13)38-25(17)39-10-14-1-2-15(11-39)35-14/h3-4,9,13-15,35H,1-2,5-8,10-12H2,(H2,34,36). The molecule has 42 heavy (non-hydrogen) atoms. The van der Waals surface area contributed by atoms with Gasteiger partial charge >= 0.3 is 12.2 Å². The molecular formula is C28H27F5N6O2S. The predicted molar refractivity (Wildman–Crippen MR) is 149 cm³/mol. The third kappa shape index (κ3) is 4.88. The number of nitrogens with zero attached hydrogens (tertiary/aromatic N) is 4. The average Bonchev–Trinajstić information content (AvgIpc) is 3.53. The molecule has 2 bridgehead atoms. The van der Waals surface area contributed by atoms with Gasteiger partial charge in [0, 0.05) is 54.9 Å². The van der Waals surface area contributed by atoms with Gasteiger partial charge in [0.05, 0.1) is 22.4 Å². The van der Waals surface area contributed by atoms with Crippen molar-refractivity contribution in [3.63, 3.8) is 0 Å². The molecule has 2 aromatic carbocycles. The summed E-state index contributed by atoms with van der Waals surface area (Å²) >= 11 is 0.781. The molecule has 3 aliphatic heterocycles. The number of ether oxygens (including phenoxy) is 2. The topological polar surface area (TPSA) is 98.4 Å². The van der Waals surface area contributed by atoms with Crippen molar-refractivity contribution in [2.24, 2.45) is 5.92 Å². The number of anilines is 2. The second-order valence-corrected chi connectivity index (χ2v) is 12.1. The van der Waals surface area contributed by atoms with E-state index in [9.17, 15) is 17.6 Å². The molecule has 0 spiro atoms. The SMILES string of the molecule is Nc1nc2c(-c3c(C(F)(F)F)cc4c(N5CC6CCC(C5)N6)nc(OCC5CCOCC5)nc4c3F)ccc(F)c2s1. The van der Waals surface area contributed by atoms with Crippen molar-refractivity contribution >= 4 is 43.4 Å². The van der Waals surface area contributed by atoms with Crippen LogP contribution in [0.3, 0.4) is 0 Å². The number of nitrogens with one attached hydrogen (secondary N) is 1. The van der Waals surface area contributed by atoms with Crippen LogP contribution in [0.1, 0.15) is 31.2 Å². The van der Waals surface area contributed by atoms with E-state index in [0.717, 1.165) is 55.2 Å². The second kappa shape index (κ2) is 10.4. The van der Waals surface area contributed by atoms with Crippen molar-refractivity contribution in [2.45, 2.75) is 43.9 Å². The van der Waals surface area contributed by atoms with Gasteiger partial charge in [-0.25, -0.2) is 13.8 Å². The lowest BCUT2D eigenvalue weighted by molar-refractivity contribution is -0.137. The molecule has 0 aliphatic carbocycles. The summed E-state index contributed by atoms with van der Waals surface area (Å²) in [7, 11) is 0. The number of piperazine rings is 1. The normalized spacial score (nSPS) is 21.5. The molecule has 3 saturated heterocycles. The molecule has 2 aromatic heterocycles. The minimum absolute atomic E-state index is 0.0483. The minimum Gasteiger partial charge on any atom is -0.463 e. The molecule has 14 heteroatoms. The molecule has 2 atom stereocenters. The summed E-state index contributed by atoms with van der Waals surface area (Å²) in [5.74, 6) is -1.54. The molecule has 3 fully saturated rings. The smallest absolute Gasteiger partial charge is 0.417 e. The number of aromatic nitrogens is 3. The predicted octanol–water partition coefficient (Wildman–Crippen LogP) is 5.53. The number of nitrogens with two attached hydrogens (primary N) is 1. The van der Waals surface area contributed by atoms with Crippen LogP contribution in [0.2, 0.25) is 0 Å². The van der Waals surface area contributed by atoms with Crippen LogP contribution < -0.4 is 20.7 Å². The van der Waals surface area contributed by atoms with Crippen LogP contribution in [0.4, 0.5) is 32.9 Å². The number of nitrogen functional groups attached to an aromatic ring is 1.